The van der Waals surface area contributed by atoms with Gasteiger partial charge in [0, 0.05) is 50.0 Å². The van der Waals surface area contributed by atoms with Crippen LogP contribution in [-0.2, 0) is 99.1 Å². The zero-order valence-corrected chi connectivity index (χ0v) is 59.7. The van der Waals surface area contributed by atoms with Gasteiger partial charge in [-0.2, -0.15) is 0 Å². The Morgan fingerprint density at radius 2 is 0.807 bits per heavy atom. The molecule has 43 heteroatoms. The molecule has 2 aliphatic rings. The van der Waals surface area contributed by atoms with Gasteiger partial charge in [-0.3, -0.25) is 86.3 Å². The minimum Gasteiger partial charge on any atom is -0.481 e. The zero-order valence-electron chi connectivity index (χ0n) is 59.7. The number of fused-ring (bicyclic) bond motifs is 1. The molecule has 598 valence electrons. The smallest absolute Gasteiger partial charge is 0.300 e. The van der Waals surface area contributed by atoms with Crippen molar-refractivity contribution in [1.82, 2.24) is 78.6 Å². The van der Waals surface area contributed by atoms with Gasteiger partial charge in [-0.15, -0.1) is 0 Å². The quantitative estimate of drug-likeness (QED) is 0.0251. The fourth-order valence-corrected chi connectivity index (χ4v) is 11.1. The highest BCUT2D eigenvalue weighted by atomic mass is 16.4. The van der Waals surface area contributed by atoms with Crippen LogP contribution in [0.3, 0.4) is 0 Å². The third kappa shape index (κ3) is 28.5. The Morgan fingerprint density at radius 1 is 0.450 bits per heavy atom. The Balaban J connectivity index is 0.00000611. The summed E-state index contributed by atoms with van der Waals surface area (Å²) in [6, 6.07) is -5.03. The lowest BCUT2D eigenvalue weighted by Gasteiger charge is -2.31. The predicted molar refractivity (Wildman–Crippen MR) is 376 cm³/mol. The topological polar surface area (TPSA) is 699 Å². The van der Waals surface area contributed by atoms with Gasteiger partial charge in [0.05, 0.1) is 71.6 Å². The molecule has 0 aliphatic carbocycles. The molecule has 5 rings (SSSR count). The lowest BCUT2D eigenvalue weighted by molar-refractivity contribution is -0.144. The number of rotatable bonds is 41. The molecule has 27 N–H and O–H groups in total. The number of aromatic nitrogens is 1. The molecular weight excluding hydrogens is 1440 g/mol. The molecule has 3 heterocycles. The maximum Gasteiger partial charge on any atom is 0.300 e. The normalized spacial score (nSPS) is 16.5. The standard InChI is InChI=1S/C64H91N19O22.C2H4O2/c1-31(2)52(68)62(103)81-44(30-88)57(98)74-37(21-48(66)90)55(96)78-41(27-85)56(97)73-36(20-47(65)89)54(95)76-39(19-33-22-69-35-13-7-6-12-34(33)35)64(105)83-17-9-15-46(83)61(102)79-42(28-86)58(99)75-38(18-32-10-4-3-5-11-32)63(104)82-16-8-14-45(82)60(101)80-43(29-87)59(100)77-40(26-84)53(94)72-25-51(93)71-24-50(92)70-23-49(67)91;1-2(3)4/h3-7,10-13,22,31,36-46,52,69,84-88H,8-9,14-21,23-30,68H2,1-2H3,(H2,65,89)(H2,66,90)(H2,67,91)(H,70,92)(H,71,93)(H,72,94)(H,73,97)(H,74,98)(H,75,99)(H,76,95)(H,77,100)(H,78,96)(H,79,102)(H,80,101)(H,81,103);1H3,(H,3,4)/t36-,37-,38-,39-,40-,41-,42-,43-,44-,45-,46-,52-;/m0./s1. The predicted octanol–water partition coefficient (Wildman–Crippen LogP) is -12.1. The van der Waals surface area contributed by atoms with Crippen LogP contribution in [0.2, 0.25) is 0 Å². The van der Waals surface area contributed by atoms with Gasteiger partial charge in [-0.25, -0.2) is 0 Å². The third-order valence-corrected chi connectivity index (χ3v) is 16.8. The van der Waals surface area contributed by atoms with E-state index < -0.39 is 250 Å². The van der Waals surface area contributed by atoms with Gasteiger partial charge < -0.3 is 132 Å². The first-order valence-corrected chi connectivity index (χ1v) is 34.2. The van der Waals surface area contributed by atoms with Crippen molar-refractivity contribution in [3.8, 4) is 0 Å². The molecule has 3 aromatic rings. The molecule has 0 radical (unpaired) electrons. The van der Waals surface area contributed by atoms with Gasteiger partial charge in [0.1, 0.15) is 66.5 Å². The van der Waals surface area contributed by atoms with Gasteiger partial charge in [0.15, 0.2) is 0 Å². The van der Waals surface area contributed by atoms with Crippen molar-refractivity contribution in [3.63, 3.8) is 0 Å². The minimum absolute atomic E-state index is 0.00268. The van der Waals surface area contributed by atoms with Gasteiger partial charge in [-0.05, 0) is 48.8 Å². The number of aliphatic carboxylic acids is 1. The molecular formula is C66H95N19O24. The van der Waals surface area contributed by atoms with E-state index in [4.69, 9.17) is 32.8 Å². The molecule has 12 atom stereocenters. The van der Waals surface area contributed by atoms with E-state index in [-0.39, 0.29) is 51.6 Å². The van der Waals surface area contributed by atoms with Crippen LogP contribution in [0.5, 0.6) is 0 Å². The van der Waals surface area contributed by atoms with E-state index in [1.54, 1.807) is 68.4 Å². The molecule has 2 aromatic carbocycles. The Labute approximate surface area is 622 Å². The van der Waals surface area contributed by atoms with E-state index in [1.165, 1.54) is 6.20 Å². The fraction of sp³-hybridized carbons (Fsp3) is 0.515. The zero-order chi connectivity index (χ0) is 81.4. The number of para-hydroxylation sites is 1. The van der Waals surface area contributed by atoms with E-state index >= 15 is 4.79 Å². The molecule has 17 amide bonds. The molecule has 0 unspecified atom stereocenters. The number of nitrogens with zero attached hydrogens (tertiary/aromatic N) is 2. The summed E-state index contributed by atoms with van der Waals surface area (Å²) in [5.41, 5.74) is 23.2. The number of nitrogens with one attached hydrogen (secondary N) is 13. The number of primary amides is 3. The third-order valence-electron chi connectivity index (χ3n) is 16.8. The minimum atomic E-state index is -2.02. The maximum absolute atomic E-state index is 15.0. The van der Waals surface area contributed by atoms with Gasteiger partial charge in [0.2, 0.25) is 100 Å². The summed E-state index contributed by atoms with van der Waals surface area (Å²) in [6.07, 6.45) is -0.596. The summed E-state index contributed by atoms with van der Waals surface area (Å²) in [5.74, 6) is -19.2. The second-order valence-corrected chi connectivity index (χ2v) is 25.5. The lowest BCUT2D eigenvalue weighted by Crippen LogP contribution is -2.62. The fourth-order valence-electron chi connectivity index (χ4n) is 11.1. The van der Waals surface area contributed by atoms with Crippen LogP contribution < -0.4 is 86.7 Å². The van der Waals surface area contributed by atoms with Crippen molar-refractivity contribution in [1.29, 1.82) is 0 Å². The van der Waals surface area contributed by atoms with Crippen molar-refractivity contribution in [3.05, 3.63) is 71.9 Å². The summed E-state index contributed by atoms with van der Waals surface area (Å²) < 4.78 is 0. The van der Waals surface area contributed by atoms with Gasteiger partial charge >= 0.3 is 0 Å². The number of aliphatic hydroxyl groups excluding tert-OH is 5. The number of aliphatic hydroxyl groups is 5. The van der Waals surface area contributed by atoms with E-state index in [9.17, 15) is 102 Å². The largest absolute Gasteiger partial charge is 0.481 e. The number of carboxylic acid groups (broad SMARTS) is 1. The molecule has 2 fully saturated rings. The second kappa shape index (κ2) is 44.4. The Hall–Kier alpha value is -11.8. The number of amides is 17. The number of H-pyrrole nitrogens is 1. The van der Waals surface area contributed by atoms with Crippen LogP contribution in [0.25, 0.3) is 10.9 Å². The molecule has 0 spiro atoms. The highest BCUT2D eigenvalue weighted by Crippen LogP contribution is 2.25. The highest BCUT2D eigenvalue weighted by molar-refractivity contribution is 6.02. The summed E-state index contributed by atoms with van der Waals surface area (Å²) in [5, 5.41) is 86.2. The number of likely N-dealkylation sites (tertiary alicyclic amines) is 2. The first-order chi connectivity index (χ1) is 51.6. The summed E-state index contributed by atoms with van der Waals surface area (Å²) in [7, 11) is 0. The van der Waals surface area contributed by atoms with Crippen molar-refractivity contribution in [2.75, 3.05) is 65.8 Å². The van der Waals surface area contributed by atoms with Crippen molar-refractivity contribution >= 4 is 117 Å². The van der Waals surface area contributed by atoms with Crippen molar-refractivity contribution in [2.45, 2.75) is 145 Å². The highest BCUT2D eigenvalue weighted by Gasteiger charge is 2.43. The first kappa shape index (κ1) is 89.6. The van der Waals surface area contributed by atoms with Crippen LogP contribution in [0, 0.1) is 5.92 Å². The number of benzene rings is 2. The maximum atomic E-state index is 15.0. The van der Waals surface area contributed by atoms with Crippen LogP contribution in [0.1, 0.15) is 70.4 Å². The van der Waals surface area contributed by atoms with E-state index in [0.717, 1.165) is 16.7 Å². The Kier molecular flexibility index (Phi) is 36.5. The molecule has 43 nitrogen and oxygen atoms in total. The number of carboxylic acids is 1. The average molecular weight is 1540 g/mol. The number of hydrogen-bond donors (Lipinski definition) is 23. The van der Waals surface area contributed by atoms with Crippen LogP contribution in [-0.4, -0.2) is 290 Å². The van der Waals surface area contributed by atoms with Crippen LogP contribution in [0.4, 0.5) is 0 Å². The number of nitrogens with two attached hydrogens (primary N) is 4. The summed E-state index contributed by atoms with van der Waals surface area (Å²) >= 11 is 0. The number of carbonyl (C=O) groups is 18. The molecule has 2 saturated heterocycles. The molecule has 2 aliphatic heterocycles. The van der Waals surface area contributed by atoms with Crippen molar-refractivity contribution < 1.29 is 117 Å². The Bertz CT molecular complexity index is 3760. The second-order valence-electron chi connectivity index (χ2n) is 25.5. The first-order valence-electron chi connectivity index (χ1n) is 34.2. The van der Waals surface area contributed by atoms with Gasteiger partial charge in [0.25, 0.3) is 5.97 Å². The molecule has 109 heavy (non-hydrogen) atoms. The van der Waals surface area contributed by atoms with Crippen LogP contribution >= 0.6 is 0 Å². The van der Waals surface area contributed by atoms with E-state index in [0.29, 0.717) is 22.0 Å². The van der Waals surface area contributed by atoms with Crippen LogP contribution in [0.15, 0.2) is 60.8 Å². The summed E-state index contributed by atoms with van der Waals surface area (Å²) in [4.78, 5) is 240. The van der Waals surface area contributed by atoms with E-state index in [1.807, 2.05) is 0 Å². The lowest BCUT2D eigenvalue weighted by atomic mass is 10.0. The number of hydrogen-bond acceptors (Lipinski definition) is 24. The molecule has 0 bridgehead atoms. The molecule has 1 aromatic heterocycles. The molecule has 0 saturated carbocycles. The van der Waals surface area contributed by atoms with Crippen molar-refractivity contribution in [2.24, 2.45) is 28.9 Å². The number of aromatic amines is 1. The summed E-state index contributed by atoms with van der Waals surface area (Å²) in [6.45, 7) is -3.19. The SMILES string of the molecule is CC(=O)O.CC(C)[C@H](N)C(=O)N[C@@H](CO)C(=O)N[C@@H](CC(N)=O)C(=O)N[C@@H](CO)C(=O)N[C@@H](CC(N)=O)C(=O)N[C@@H](Cc1c[nH]c2ccccc12)C(=O)N1CCC[C@H]1C(=O)N[C@@H](CO)C(=O)N[C@@H](Cc1ccccc1)C(=O)N1CCC[C@H]1C(=O)N[C@@H](CO)C(=O)N[C@@H](CO)C(=O)NCC(=O)NCC(=O)NCC(N)=O. The van der Waals surface area contributed by atoms with E-state index in [2.05, 4.69) is 68.8 Å². The van der Waals surface area contributed by atoms with Gasteiger partial charge in [-0.1, -0.05) is 62.4 Å². The Morgan fingerprint density at radius 3 is 1.23 bits per heavy atom. The number of carbonyl (C=O) groups excluding carboxylic acids is 17. The average Bonchev–Trinajstić information content (AvgIpc) is 1.71. The monoisotopic (exact) mass is 1540 g/mol.